The first-order valence-corrected chi connectivity index (χ1v) is 7.61. The van der Waals surface area contributed by atoms with Crippen LogP contribution in [0.2, 0.25) is 0 Å². The van der Waals surface area contributed by atoms with E-state index in [-0.39, 0.29) is 12.5 Å². The first-order chi connectivity index (χ1) is 10.2. The molecule has 21 heavy (non-hydrogen) atoms. The number of hydrogen-bond acceptors (Lipinski definition) is 6. The highest BCUT2D eigenvalue weighted by atomic mass is 32.1. The monoisotopic (exact) mass is 311 g/mol. The van der Waals surface area contributed by atoms with Crippen molar-refractivity contribution in [2.75, 3.05) is 45.8 Å². The average molecular weight is 311 g/mol. The van der Waals surface area contributed by atoms with Gasteiger partial charge in [0, 0.05) is 45.9 Å². The van der Waals surface area contributed by atoms with Crippen molar-refractivity contribution in [3.8, 4) is 0 Å². The number of anilines is 1. The number of nitrogens with zero attached hydrogens (tertiary/aromatic N) is 3. The number of carbonyl (C=O) groups excluding carboxylic acids is 1. The van der Waals surface area contributed by atoms with Gasteiger partial charge in [0.2, 0.25) is 5.91 Å². The number of hydrogen-bond donors (Lipinski definition) is 2. The molecule has 0 unspecified atom stereocenters. The van der Waals surface area contributed by atoms with Crippen LogP contribution >= 0.6 is 11.3 Å². The van der Waals surface area contributed by atoms with Crippen LogP contribution < -0.4 is 15.5 Å². The van der Waals surface area contributed by atoms with Crippen LogP contribution in [0.1, 0.15) is 5.69 Å². The molecule has 2 rings (SSSR count). The maximum absolute atomic E-state index is 11.5. The summed E-state index contributed by atoms with van der Waals surface area (Å²) in [4.78, 5) is 19.0. The molecule has 2 N–H and O–H groups in total. The van der Waals surface area contributed by atoms with Gasteiger partial charge in [0.05, 0.1) is 18.8 Å². The molecule has 0 saturated carbocycles. The van der Waals surface area contributed by atoms with Gasteiger partial charge >= 0.3 is 0 Å². The van der Waals surface area contributed by atoms with E-state index < -0.39 is 0 Å². The molecule has 0 aliphatic carbocycles. The molecular weight excluding hydrogens is 290 g/mol. The summed E-state index contributed by atoms with van der Waals surface area (Å²) in [5.74, 6) is 0.794. The molecule has 2 heterocycles. The maximum atomic E-state index is 11.5. The number of methoxy groups -OCH3 is 1. The Bertz CT molecular complexity index is 594. The topological polar surface area (TPSA) is 70.9 Å². The van der Waals surface area contributed by atoms with E-state index >= 15 is 0 Å². The van der Waals surface area contributed by atoms with Crippen molar-refractivity contribution in [2.24, 2.45) is 0 Å². The normalized spacial score (nSPS) is 11.0. The Kier molecular flexibility index (Phi) is 5.54. The number of thiazole rings is 1. The van der Waals surface area contributed by atoms with Crippen LogP contribution in [0.25, 0.3) is 4.96 Å². The molecule has 2 aromatic heterocycles. The molecule has 8 heteroatoms. The molecule has 0 spiro atoms. The van der Waals surface area contributed by atoms with Crippen LogP contribution in [-0.2, 0) is 16.1 Å². The first kappa shape index (κ1) is 15.7. The smallest absolute Gasteiger partial charge is 0.239 e. The summed E-state index contributed by atoms with van der Waals surface area (Å²) >= 11 is 1.58. The molecule has 0 radical (unpaired) electrons. The van der Waals surface area contributed by atoms with Crippen molar-refractivity contribution in [3.05, 3.63) is 17.3 Å². The average Bonchev–Trinajstić information content (AvgIpc) is 3.05. The van der Waals surface area contributed by atoms with Gasteiger partial charge in [-0.1, -0.05) is 0 Å². The minimum absolute atomic E-state index is 0.0350. The Morgan fingerprint density at radius 3 is 3.10 bits per heavy atom. The van der Waals surface area contributed by atoms with E-state index in [4.69, 9.17) is 4.74 Å². The SMILES string of the molecule is CNC(=O)CN(C)c1nc2sccn2c1CNCCOC. The molecular formula is C13H21N5O2S. The number of likely N-dealkylation sites (N-methyl/N-ethyl adjacent to an activating group) is 2. The number of aromatic nitrogens is 2. The van der Waals surface area contributed by atoms with Crippen LogP contribution in [0.15, 0.2) is 11.6 Å². The van der Waals surface area contributed by atoms with E-state index in [1.807, 2.05) is 23.5 Å². The number of fused-ring (bicyclic) bond motifs is 1. The summed E-state index contributed by atoms with van der Waals surface area (Å²) in [7, 11) is 5.19. The van der Waals surface area contributed by atoms with Crippen LogP contribution in [0.3, 0.4) is 0 Å². The number of ether oxygens (including phenoxy) is 1. The summed E-state index contributed by atoms with van der Waals surface area (Å²) in [5, 5.41) is 7.96. The lowest BCUT2D eigenvalue weighted by Gasteiger charge is -2.17. The van der Waals surface area contributed by atoms with Gasteiger partial charge in [-0.3, -0.25) is 9.20 Å². The number of rotatable bonds is 8. The van der Waals surface area contributed by atoms with Crippen molar-refractivity contribution in [3.63, 3.8) is 0 Å². The molecule has 0 fully saturated rings. The van der Waals surface area contributed by atoms with Gasteiger partial charge in [0.25, 0.3) is 0 Å². The number of amides is 1. The molecule has 1 amide bonds. The van der Waals surface area contributed by atoms with E-state index in [1.54, 1.807) is 25.5 Å². The van der Waals surface area contributed by atoms with Gasteiger partial charge in [0.15, 0.2) is 10.8 Å². The van der Waals surface area contributed by atoms with E-state index in [1.165, 1.54) is 0 Å². The summed E-state index contributed by atoms with van der Waals surface area (Å²) in [5.41, 5.74) is 1.05. The third-order valence-corrected chi connectivity index (χ3v) is 3.89. The lowest BCUT2D eigenvalue weighted by atomic mass is 10.3. The van der Waals surface area contributed by atoms with Gasteiger partial charge in [-0.2, -0.15) is 0 Å². The molecule has 0 atom stereocenters. The van der Waals surface area contributed by atoms with Crippen molar-refractivity contribution in [2.45, 2.75) is 6.54 Å². The maximum Gasteiger partial charge on any atom is 0.239 e. The standard InChI is InChI=1S/C13H21N5O2S/c1-14-11(19)9-17(2)12-10(8-15-4-6-20-3)18-5-7-21-13(18)16-12/h5,7,15H,4,6,8-9H2,1-3H3,(H,14,19). The Balaban J connectivity index is 2.17. The predicted octanol–water partition coefficient (Wildman–Crippen LogP) is 0.314. The molecule has 0 saturated heterocycles. The van der Waals surface area contributed by atoms with Crippen LogP contribution in [0.4, 0.5) is 5.82 Å². The minimum atomic E-state index is -0.0350. The Morgan fingerprint density at radius 1 is 1.57 bits per heavy atom. The molecule has 0 aromatic carbocycles. The van der Waals surface area contributed by atoms with Gasteiger partial charge in [-0.15, -0.1) is 11.3 Å². The highest BCUT2D eigenvalue weighted by Gasteiger charge is 2.17. The van der Waals surface area contributed by atoms with Crippen molar-refractivity contribution in [1.82, 2.24) is 20.0 Å². The minimum Gasteiger partial charge on any atom is -0.383 e. The molecule has 116 valence electrons. The van der Waals surface area contributed by atoms with E-state index in [0.29, 0.717) is 13.2 Å². The number of nitrogens with one attached hydrogen (secondary N) is 2. The largest absolute Gasteiger partial charge is 0.383 e. The van der Waals surface area contributed by atoms with Gasteiger partial charge in [-0.25, -0.2) is 4.98 Å². The lowest BCUT2D eigenvalue weighted by molar-refractivity contribution is -0.119. The molecule has 2 aromatic rings. The van der Waals surface area contributed by atoms with Gasteiger partial charge in [-0.05, 0) is 0 Å². The van der Waals surface area contributed by atoms with Crippen LogP contribution in [0, 0.1) is 0 Å². The fourth-order valence-electron chi connectivity index (χ4n) is 2.04. The zero-order chi connectivity index (χ0) is 15.2. The van der Waals surface area contributed by atoms with Crippen molar-refractivity contribution >= 4 is 28.0 Å². The van der Waals surface area contributed by atoms with Crippen LogP contribution in [0.5, 0.6) is 0 Å². The fraction of sp³-hybridized carbons (Fsp3) is 0.538. The van der Waals surface area contributed by atoms with Gasteiger partial charge in [0.1, 0.15) is 0 Å². The first-order valence-electron chi connectivity index (χ1n) is 6.73. The highest BCUT2D eigenvalue weighted by Crippen LogP contribution is 2.23. The van der Waals surface area contributed by atoms with Crippen LogP contribution in [-0.4, -0.2) is 56.2 Å². The third kappa shape index (κ3) is 3.72. The molecule has 0 bridgehead atoms. The molecule has 7 nitrogen and oxygen atoms in total. The van der Waals surface area contributed by atoms with E-state index in [2.05, 4.69) is 20.0 Å². The summed E-state index contributed by atoms with van der Waals surface area (Å²) in [6.07, 6.45) is 2.00. The summed E-state index contributed by atoms with van der Waals surface area (Å²) in [6.45, 7) is 2.39. The number of carbonyl (C=O) groups is 1. The second kappa shape index (κ2) is 7.39. The van der Waals surface area contributed by atoms with E-state index in [9.17, 15) is 4.79 Å². The third-order valence-electron chi connectivity index (χ3n) is 3.14. The molecule has 0 aliphatic rings. The highest BCUT2D eigenvalue weighted by molar-refractivity contribution is 7.15. The Hall–Kier alpha value is -1.64. The van der Waals surface area contributed by atoms with E-state index in [0.717, 1.165) is 23.0 Å². The fourth-order valence-corrected chi connectivity index (χ4v) is 2.77. The number of imidazole rings is 1. The summed E-state index contributed by atoms with van der Waals surface area (Å²) < 4.78 is 7.09. The second-order valence-electron chi connectivity index (χ2n) is 4.64. The predicted molar refractivity (Wildman–Crippen MR) is 84.0 cm³/mol. The summed E-state index contributed by atoms with van der Waals surface area (Å²) in [6, 6.07) is 0. The lowest BCUT2D eigenvalue weighted by Crippen LogP contribution is -2.34. The van der Waals surface area contributed by atoms with Gasteiger partial charge < -0.3 is 20.3 Å². The molecule has 0 aliphatic heterocycles. The zero-order valence-electron chi connectivity index (χ0n) is 12.5. The van der Waals surface area contributed by atoms with Crippen molar-refractivity contribution < 1.29 is 9.53 Å². The quantitative estimate of drug-likeness (QED) is 0.687. The Labute approximate surface area is 127 Å². The second-order valence-corrected chi connectivity index (χ2v) is 5.51. The van der Waals surface area contributed by atoms with Crippen molar-refractivity contribution in [1.29, 1.82) is 0 Å². The zero-order valence-corrected chi connectivity index (χ0v) is 13.4. The Morgan fingerprint density at radius 2 is 2.38 bits per heavy atom.